The predicted octanol–water partition coefficient (Wildman–Crippen LogP) is 5.53. The van der Waals surface area contributed by atoms with Crippen LogP contribution in [0.1, 0.15) is 20.8 Å². The van der Waals surface area contributed by atoms with Crippen LogP contribution < -0.4 is 9.47 Å². The van der Waals surface area contributed by atoms with Gasteiger partial charge in [0, 0.05) is 23.5 Å². The van der Waals surface area contributed by atoms with Gasteiger partial charge in [0.1, 0.15) is 15.6 Å². The van der Waals surface area contributed by atoms with Crippen molar-refractivity contribution >= 4 is 54.5 Å². The molecule has 0 N–H and O–H groups in total. The van der Waals surface area contributed by atoms with Crippen LogP contribution in [-0.4, -0.2) is 47.4 Å². The molecule has 0 amide bonds. The second kappa shape index (κ2) is 12.0. The highest BCUT2D eigenvalue weighted by molar-refractivity contribution is 7.91. The van der Waals surface area contributed by atoms with Gasteiger partial charge in [-0.2, -0.15) is 0 Å². The average Bonchev–Trinajstić information content (AvgIpc) is 2.76. The highest BCUT2D eigenvalue weighted by Crippen LogP contribution is 2.37. The monoisotopic (exact) mass is 556 g/mol. The van der Waals surface area contributed by atoms with E-state index in [1.165, 1.54) is 36.4 Å². The van der Waals surface area contributed by atoms with Crippen molar-refractivity contribution in [3.8, 4) is 11.5 Å². The third kappa shape index (κ3) is 7.92. The second-order valence-corrected chi connectivity index (χ2v) is 13.3. The quantitative estimate of drug-likeness (QED) is 0.319. The first-order valence-electron chi connectivity index (χ1n) is 10.3. The van der Waals surface area contributed by atoms with Gasteiger partial charge >= 0.3 is 0 Å². The molecule has 0 heterocycles. The second-order valence-electron chi connectivity index (χ2n) is 7.88. The number of benzene rings is 2. The maximum Gasteiger partial charge on any atom is 0.206 e. The fourth-order valence-corrected chi connectivity index (χ4v) is 6.11. The van der Waals surface area contributed by atoms with Crippen molar-refractivity contribution in [2.75, 3.05) is 30.6 Å². The van der Waals surface area contributed by atoms with Crippen LogP contribution in [0, 0.1) is 11.8 Å². The Morgan fingerprint density at radius 1 is 0.848 bits per heavy atom. The predicted molar refractivity (Wildman–Crippen MR) is 133 cm³/mol. The summed E-state index contributed by atoms with van der Waals surface area (Å²) in [7, 11) is -6.99. The first kappa shape index (κ1) is 28.1. The molecule has 2 rings (SSSR count). The lowest BCUT2D eigenvalue weighted by Crippen LogP contribution is -2.20. The molecule has 2 atom stereocenters. The number of sulfone groups is 2. The number of hydrogen-bond acceptors (Lipinski definition) is 6. The van der Waals surface area contributed by atoms with Gasteiger partial charge in [-0.05, 0) is 36.4 Å². The van der Waals surface area contributed by atoms with E-state index < -0.39 is 19.7 Å². The Morgan fingerprint density at radius 2 is 1.39 bits per heavy atom. The van der Waals surface area contributed by atoms with E-state index in [9.17, 15) is 16.8 Å². The Labute approximate surface area is 211 Å². The summed E-state index contributed by atoms with van der Waals surface area (Å²) in [5.74, 6) is 1.02. The molecule has 0 bridgehead atoms. The van der Waals surface area contributed by atoms with Gasteiger partial charge in [0.25, 0.3) is 0 Å². The van der Waals surface area contributed by atoms with Gasteiger partial charge in [-0.3, -0.25) is 0 Å². The molecule has 0 aromatic heterocycles. The Hall–Kier alpha value is -1.19. The van der Waals surface area contributed by atoms with Crippen molar-refractivity contribution in [3.05, 3.63) is 46.4 Å². The van der Waals surface area contributed by atoms with Crippen LogP contribution in [0.3, 0.4) is 0 Å². The molecule has 0 saturated heterocycles. The third-order valence-electron chi connectivity index (χ3n) is 4.70. The minimum atomic E-state index is -3.89. The summed E-state index contributed by atoms with van der Waals surface area (Å²) < 4.78 is 60.7. The molecule has 0 radical (unpaired) electrons. The number of alkyl halides is 1. The van der Waals surface area contributed by atoms with Gasteiger partial charge < -0.3 is 9.47 Å². The SMILES string of the molecule is CCS(=O)(=O)CC(C)COc1ccc(S(=O)(=O)c2cc(Cl)c(OCC(C)CCl)c(Cl)c2)cc1. The van der Waals surface area contributed by atoms with E-state index in [1.807, 2.05) is 6.92 Å². The van der Waals surface area contributed by atoms with Gasteiger partial charge in [0.05, 0.1) is 38.8 Å². The summed E-state index contributed by atoms with van der Waals surface area (Å²) in [4.78, 5) is -0.0321. The van der Waals surface area contributed by atoms with Crippen LogP contribution in [0.2, 0.25) is 10.0 Å². The van der Waals surface area contributed by atoms with Crippen molar-refractivity contribution in [2.24, 2.45) is 11.8 Å². The zero-order valence-corrected chi connectivity index (χ0v) is 22.5. The fraction of sp³-hybridized carbons (Fsp3) is 0.455. The van der Waals surface area contributed by atoms with E-state index >= 15 is 0 Å². The number of hydrogen-bond donors (Lipinski definition) is 0. The number of halogens is 3. The molecule has 184 valence electrons. The zero-order chi connectivity index (χ0) is 24.8. The molecular weight excluding hydrogens is 531 g/mol. The highest BCUT2D eigenvalue weighted by atomic mass is 35.5. The topological polar surface area (TPSA) is 86.7 Å². The molecule has 33 heavy (non-hydrogen) atoms. The summed E-state index contributed by atoms with van der Waals surface area (Å²) >= 11 is 18.2. The van der Waals surface area contributed by atoms with Crippen LogP contribution in [0.4, 0.5) is 0 Å². The summed E-state index contributed by atoms with van der Waals surface area (Å²) in [6.07, 6.45) is 0. The molecule has 11 heteroatoms. The third-order valence-corrected chi connectivity index (χ3v) is 9.50. The number of rotatable bonds is 12. The van der Waals surface area contributed by atoms with Crippen molar-refractivity contribution in [2.45, 2.75) is 30.6 Å². The van der Waals surface area contributed by atoms with Crippen molar-refractivity contribution in [1.82, 2.24) is 0 Å². The molecule has 0 aliphatic carbocycles. The van der Waals surface area contributed by atoms with E-state index in [4.69, 9.17) is 44.3 Å². The van der Waals surface area contributed by atoms with Gasteiger partial charge in [-0.15, -0.1) is 11.6 Å². The molecule has 6 nitrogen and oxygen atoms in total. The van der Waals surface area contributed by atoms with Crippen molar-refractivity contribution in [3.63, 3.8) is 0 Å². The maximum atomic E-state index is 13.0. The summed E-state index contributed by atoms with van der Waals surface area (Å²) in [6.45, 7) is 5.77. The van der Waals surface area contributed by atoms with Crippen molar-refractivity contribution < 1.29 is 26.3 Å². The molecule has 2 aromatic carbocycles. The molecule has 2 aromatic rings. The Balaban J connectivity index is 2.14. The smallest absolute Gasteiger partial charge is 0.206 e. The first-order valence-corrected chi connectivity index (χ1v) is 14.8. The van der Waals surface area contributed by atoms with Gasteiger partial charge in [0.2, 0.25) is 9.84 Å². The minimum absolute atomic E-state index is 0.0297. The first-order chi connectivity index (χ1) is 15.4. The van der Waals surface area contributed by atoms with E-state index in [0.717, 1.165) is 0 Å². The fourth-order valence-electron chi connectivity index (χ4n) is 2.79. The van der Waals surface area contributed by atoms with Crippen LogP contribution in [0.25, 0.3) is 0 Å². The van der Waals surface area contributed by atoms with Crippen LogP contribution in [0.5, 0.6) is 11.5 Å². The van der Waals surface area contributed by atoms with Gasteiger partial charge in [0.15, 0.2) is 5.75 Å². The van der Waals surface area contributed by atoms with Crippen LogP contribution >= 0.6 is 34.8 Å². The number of ether oxygens (including phenoxy) is 2. The minimum Gasteiger partial charge on any atom is -0.493 e. The molecular formula is C22H27Cl3O6S2. The highest BCUT2D eigenvalue weighted by Gasteiger charge is 2.22. The van der Waals surface area contributed by atoms with E-state index in [2.05, 4.69) is 0 Å². The van der Waals surface area contributed by atoms with Crippen LogP contribution in [-0.2, 0) is 19.7 Å². The standard InChI is InChI=1S/C22H27Cl3O6S2/c1-4-32(26,27)14-16(3)13-30-17-5-7-18(8-6-17)33(28,29)19-9-20(24)22(21(25)10-19)31-12-15(2)11-23/h5-10,15-16H,4,11-14H2,1-3H3. The van der Waals surface area contributed by atoms with E-state index in [-0.39, 0.29) is 55.5 Å². The van der Waals surface area contributed by atoms with Crippen LogP contribution in [0.15, 0.2) is 46.2 Å². The van der Waals surface area contributed by atoms with Gasteiger partial charge in [-0.1, -0.05) is 44.0 Å². The summed E-state index contributed by atoms with van der Waals surface area (Å²) in [5.41, 5.74) is 0. The molecule has 0 saturated carbocycles. The molecule has 0 fully saturated rings. The Bertz CT molecular complexity index is 1130. The summed E-state index contributed by atoms with van der Waals surface area (Å²) in [5, 5.41) is 0.164. The van der Waals surface area contributed by atoms with E-state index in [1.54, 1.807) is 13.8 Å². The molecule has 0 aliphatic rings. The summed E-state index contributed by atoms with van der Waals surface area (Å²) in [6, 6.07) is 8.44. The lowest BCUT2D eigenvalue weighted by Gasteiger charge is -2.15. The lowest BCUT2D eigenvalue weighted by atomic mass is 10.2. The molecule has 2 unspecified atom stereocenters. The Kier molecular flexibility index (Phi) is 10.2. The zero-order valence-electron chi connectivity index (χ0n) is 18.6. The molecule has 0 spiro atoms. The van der Waals surface area contributed by atoms with E-state index in [0.29, 0.717) is 18.2 Å². The molecule has 0 aliphatic heterocycles. The normalized spacial score (nSPS) is 14.0. The van der Waals surface area contributed by atoms with Crippen molar-refractivity contribution in [1.29, 1.82) is 0 Å². The maximum absolute atomic E-state index is 13.0. The van der Waals surface area contributed by atoms with Gasteiger partial charge in [-0.25, -0.2) is 16.8 Å². The largest absolute Gasteiger partial charge is 0.493 e. The lowest BCUT2D eigenvalue weighted by molar-refractivity contribution is 0.271. The average molecular weight is 558 g/mol. The Morgan fingerprint density at radius 3 is 1.91 bits per heavy atom.